The average Bonchev–Trinajstić information content (AvgIpc) is 2.25. The first-order valence-electron chi connectivity index (χ1n) is 5.34. The molecule has 0 heterocycles. The lowest BCUT2D eigenvalue weighted by Gasteiger charge is -2.15. The van der Waals surface area contributed by atoms with Crippen LogP contribution in [0.4, 0.5) is 0 Å². The summed E-state index contributed by atoms with van der Waals surface area (Å²) in [5, 5.41) is 12.9. The molecule has 15 heavy (non-hydrogen) atoms. The van der Waals surface area contributed by atoms with E-state index in [1.807, 2.05) is 32.0 Å². The van der Waals surface area contributed by atoms with E-state index in [1.165, 1.54) is 0 Å². The van der Waals surface area contributed by atoms with Gasteiger partial charge in [-0.2, -0.15) is 0 Å². The highest BCUT2D eigenvalue weighted by atomic mass is 16.5. The molecule has 0 aliphatic rings. The van der Waals surface area contributed by atoms with Crippen molar-refractivity contribution in [2.24, 2.45) is 0 Å². The van der Waals surface area contributed by atoms with Crippen molar-refractivity contribution in [2.75, 3.05) is 19.8 Å². The summed E-state index contributed by atoms with van der Waals surface area (Å²) in [6, 6.07) is 7.53. The quantitative estimate of drug-likeness (QED) is 0.705. The van der Waals surface area contributed by atoms with Gasteiger partial charge in [-0.15, -0.1) is 0 Å². The highest BCUT2D eigenvalue weighted by molar-refractivity contribution is 5.33. The SMILES string of the molecule is CCOCCNC(C)c1ccccc1O. The minimum Gasteiger partial charge on any atom is -0.508 e. The van der Waals surface area contributed by atoms with Gasteiger partial charge in [-0.3, -0.25) is 0 Å². The minimum atomic E-state index is 0.145. The van der Waals surface area contributed by atoms with E-state index in [9.17, 15) is 5.11 Å². The molecule has 1 rings (SSSR count). The maximum atomic E-state index is 9.61. The van der Waals surface area contributed by atoms with E-state index in [4.69, 9.17) is 4.74 Å². The Hall–Kier alpha value is -1.06. The number of nitrogens with one attached hydrogen (secondary N) is 1. The molecule has 0 bridgehead atoms. The van der Waals surface area contributed by atoms with Crippen molar-refractivity contribution in [1.29, 1.82) is 0 Å². The Morgan fingerprint density at radius 3 is 2.80 bits per heavy atom. The average molecular weight is 209 g/mol. The van der Waals surface area contributed by atoms with Crippen LogP contribution >= 0.6 is 0 Å². The van der Waals surface area contributed by atoms with Crippen LogP contribution in [0.5, 0.6) is 5.75 Å². The summed E-state index contributed by atoms with van der Waals surface area (Å²) >= 11 is 0. The topological polar surface area (TPSA) is 41.5 Å². The summed E-state index contributed by atoms with van der Waals surface area (Å²) < 4.78 is 5.23. The largest absolute Gasteiger partial charge is 0.508 e. The van der Waals surface area contributed by atoms with Crippen LogP contribution in [0, 0.1) is 0 Å². The van der Waals surface area contributed by atoms with E-state index < -0.39 is 0 Å². The van der Waals surface area contributed by atoms with Crippen LogP contribution in [0.15, 0.2) is 24.3 Å². The van der Waals surface area contributed by atoms with Gasteiger partial charge in [0.2, 0.25) is 0 Å². The van der Waals surface area contributed by atoms with Gasteiger partial charge in [0.05, 0.1) is 6.61 Å². The first kappa shape index (κ1) is 12.0. The molecule has 0 fully saturated rings. The second kappa shape index (κ2) is 6.43. The van der Waals surface area contributed by atoms with Gasteiger partial charge in [0.1, 0.15) is 5.75 Å². The van der Waals surface area contributed by atoms with Crippen LogP contribution in [0.1, 0.15) is 25.5 Å². The van der Waals surface area contributed by atoms with Gasteiger partial charge in [0.15, 0.2) is 0 Å². The number of phenolic OH excluding ortho intramolecular Hbond substituents is 1. The van der Waals surface area contributed by atoms with Gasteiger partial charge >= 0.3 is 0 Å². The first-order chi connectivity index (χ1) is 7.25. The van der Waals surface area contributed by atoms with E-state index >= 15 is 0 Å². The Morgan fingerprint density at radius 2 is 2.13 bits per heavy atom. The molecule has 0 radical (unpaired) electrons. The summed E-state index contributed by atoms with van der Waals surface area (Å²) in [4.78, 5) is 0. The van der Waals surface area contributed by atoms with Crippen molar-refractivity contribution in [3.63, 3.8) is 0 Å². The van der Waals surface area contributed by atoms with Crippen LogP contribution in [0.25, 0.3) is 0 Å². The van der Waals surface area contributed by atoms with Gasteiger partial charge < -0.3 is 15.2 Å². The van der Waals surface area contributed by atoms with E-state index in [-0.39, 0.29) is 6.04 Å². The molecule has 3 heteroatoms. The van der Waals surface area contributed by atoms with Crippen molar-refractivity contribution >= 4 is 0 Å². The van der Waals surface area contributed by atoms with E-state index in [0.29, 0.717) is 12.4 Å². The fourth-order valence-corrected chi connectivity index (χ4v) is 1.46. The van der Waals surface area contributed by atoms with Gasteiger partial charge in [-0.05, 0) is 19.9 Å². The molecule has 3 nitrogen and oxygen atoms in total. The number of benzene rings is 1. The standard InChI is InChI=1S/C12H19NO2/c1-3-15-9-8-13-10(2)11-6-4-5-7-12(11)14/h4-7,10,13-14H,3,8-9H2,1-2H3. The normalized spacial score (nSPS) is 12.7. The monoisotopic (exact) mass is 209 g/mol. The van der Waals surface area contributed by atoms with Crippen molar-refractivity contribution in [1.82, 2.24) is 5.32 Å². The number of aromatic hydroxyl groups is 1. The van der Waals surface area contributed by atoms with Gasteiger partial charge in [-0.1, -0.05) is 18.2 Å². The van der Waals surface area contributed by atoms with Crippen molar-refractivity contribution < 1.29 is 9.84 Å². The molecule has 1 atom stereocenters. The van der Waals surface area contributed by atoms with E-state index in [1.54, 1.807) is 6.07 Å². The molecular formula is C12H19NO2. The fourth-order valence-electron chi connectivity index (χ4n) is 1.46. The van der Waals surface area contributed by atoms with Crippen LogP contribution in [0.2, 0.25) is 0 Å². The minimum absolute atomic E-state index is 0.145. The second-order valence-electron chi connectivity index (χ2n) is 3.43. The summed E-state index contributed by atoms with van der Waals surface area (Å²) in [7, 11) is 0. The zero-order chi connectivity index (χ0) is 11.1. The van der Waals surface area contributed by atoms with Crippen LogP contribution < -0.4 is 5.32 Å². The number of hydrogen-bond donors (Lipinski definition) is 2. The smallest absolute Gasteiger partial charge is 0.120 e. The molecule has 0 aliphatic carbocycles. The maximum Gasteiger partial charge on any atom is 0.120 e. The summed E-state index contributed by atoms with van der Waals surface area (Å²) in [5.74, 6) is 0.342. The molecule has 84 valence electrons. The molecule has 0 saturated carbocycles. The molecular weight excluding hydrogens is 190 g/mol. The summed E-state index contributed by atoms with van der Waals surface area (Å²) in [5.41, 5.74) is 0.925. The zero-order valence-electron chi connectivity index (χ0n) is 9.36. The molecule has 1 aromatic carbocycles. The Morgan fingerprint density at radius 1 is 1.40 bits per heavy atom. The Kier molecular flexibility index (Phi) is 5.15. The van der Waals surface area contributed by atoms with Crippen LogP contribution in [-0.4, -0.2) is 24.9 Å². The van der Waals surface area contributed by atoms with Crippen molar-refractivity contribution in [3.8, 4) is 5.75 Å². The lowest BCUT2D eigenvalue weighted by atomic mass is 10.1. The van der Waals surface area contributed by atoms with E-state index in [0.717, 1.165) is 18.7 Å². The molecule has 0 saturated heterocycles. The Balaban J connectivity index is 2.40. The number of phenols is 1. The number of ether oxygens (including phenoxy) is 1. The first-order valence-corrected chi connectivity index (χ1v) is 5.34. The van der Waals surface area contributed by atoms with Crippen LogP contribution in [0.3, 0.4) is 0 Å². The molecule has 1 aromatic rings. The Labute approximate surface area is 91.1 Å². The summed E-state index contributed by atoms with van der Waals surface area (Å²) in [6.45, 7) is 6.25. The zero-order valence-corrected chi connectivity index (χ0v) is 9.36. The third kappa shape index (κ3) is 3.90. The van der Waals surface area contributed by atoms with Crippen LogP contribution in [-0.2, 0) is 4.74 Å². The predicted octanol–water partition coefficient (Wildman–Crippen LogP) is 2.08. The van der Waals surface area contributed by atoms with E-state index in [2.05, 4.69) is 5.32 Å². The van der Waals surface area contributed by atoms with Gasteiger partial charge in [0.25, 0.3) is 0 Å². The van der Waals surface area contributed by atoms with Crippen molar-refractivity contribution in [2.45, 2.75) is 19.9 Å². The number of rotatable bonds is 6. The summed E-state index contributed by atoms with van der Waals surface area (Å²) in [6.07, 6.45) is 0. The fraction of sp³-hybridized carbons (Fsp3) is 0.500. The lowest BCUT2D eigenvalue weighted by molar-refractivity contribution is 0.147. The third-order valence-corrected chi connectivity index (χ3v) is 2.30. The Bertz CT molecular complexity index is 289. The van der Waals surface area contributed by atoms with Crippen molar-refractivity contribution in [3.05, 3.63) is 29.8 Å². The molecule has 0 spiro atoms. The molecule has 0 aromatic heterocycles. The number of para-hydroxylation sites is 1. The predicted molar refractivity (Wildman–Crippen MR) is 61.0 cm³/mol. The number of hydrogen-bond acceptors (Lipinski definition) is 3. The third-order valence-electron chi connectivity index (χ3n) is 2.30. The maximum absolute atomic E-state index is 9.61. The molecule has 1 unspecified atom stereocenters. The van der Waals surface area contributed by atoms with Gasteiger partial charge in [0, 0.05) is 24.8 Å². The highest BCUT2D eigenvalue weighted by Gasteiger charge is 2.07. The molecule has 0 amide bonds. The molecule has 2 N–H and O–H groups in total. The second-order valence-corrected chi connectivity index (χ2v) is 3.43. The highest BCUT2D eigenvalue weighted by Crippen LogP contribution is 2.22. The molecule has 0 aliphatic heterocycles. The lowest BCUT2D eigenvalue weighted by Crippen LogP contribution is -2.23. The van der Waals surface area contributed by atoms with Gasteiger partial charge in [-0.25, -0.2) is 0 Å².